The van der Waals surface area contributed by atoms with Crippen molar-refractivity contribution in [1.82, 2.24) is 30.7 Å². The summed E-state index contributed by atoms with van der Waals surface area (Å²) in [5.74, 6) is 2.78. The van der Waals surface area contributed by atoms with Crippen LogP contribution >= 0.6 is 11.3 Å². The van der Waals surface area contributed by atoms with Crippen molar-refractivity contribution >= 4 is 23.2 Å². The van der Waals surface area contributed by atoms with Crippen molar-refractivity contribution in [3.05, 3.63) is 34.0 Å². The van der Waals surface area contributed by atoms with Crippen LogP contribution in [0.2, 0.25) is 0 Å². The normalized spacial score (nSPS) is 22.0. The minimum atomic E-state index is 0.0942. The molecule has 2 atom stereocenters. The van der Waals surface area contributed by atoms with Crippen LogP contribution in [0.5, 0.6) is 0 Å². The summed E-state index contributed by atoms with van der Waals surface area (Å²) in [5.41, 5.74) is 0. The molecule has 8 nitrogen and oxygen atoms in total. The zero-order valence-electron chi connectivity index (χ0n) is 17.7. The highest BCUT2D eigenvalue weighted by atomic mass is 32.1. The van der Waals surface area contributed by atoms with Crippen molar-refractivity contribution in [2.45, 2.75) is 70.6 Å². The van der Waals surface area contributed by atoms with Crippen molar-refractivity contribution in [2.75, 3.05) is 0 Å². The van der Waals surface area contributed by atoms with E-state index in [1.807, 2.05) is 18.5 Å². The number of thiophene rings is 1. The third kappa shape index (κ3) is 5.59. The minimum Gasteiger partial charge on any atom is -0.354 e. The summed E-state index contributed by atoms with van der Waals surface area (Å²) >= 11 is 1.72. The molecular formula is C21H31N7OS. The fourth-order valence-electron chi connectivity index (χ4n) is 3.77. The Morgan fingerprint density at radius 2 is 2.10 bits per heavy atom. The van der Waals surface area contributed by atoms with Gasteiger partial charge in [0.05, 0.1) is 6.54 Å². The van der Waals surface area contributed by atoms with Crippen LogP contribution in [0, 0.1) is 12.8 Å². The molecule has 0 saturated heterocycles. The average molecular weight is 430 g/mol. The average Bonchev–Trinajstić information content (AvgIpc) is 3.29. The van der Waals surface area contributed by atoms with Crippen LogP contribution in [-0.4, -0.2) is 38.7 Å². The van der Waals surface area contributed by atoms with Crippen molar-refractivity contribution in [3.63, 3.8) is 0 Å². The van der Waals surface area contributed by atoms with Crippen molar-refractivity contribution in [1.29, 1.82) is 0 Å². The van der Waals surface area contributed by atoms with Crippen LogP contribution in [-0.2, 0) is 24.9 Å². The molecule has 2 fully saturated rings. The zero-order chi connectivity index (χ0) is 20.9. The first-order chi connectivity index (χ1) is 14.6. The lowest BCUT2D eigenvalue weighted by Gasteiger charge is -2.30. The molecule has 1 amide bonds. The topological polar surface area (TPSA) is 96.2 Å². The summed E-state index contributed by atoms with van der Waals surface area (Å²) < 4.78 is 1.96. The van der Waals surface area contributed by atoms with Crippen molar-refractivity contribution in [3.8, 4) is 0 Å². The molecule has 2 aromatic heterocycles. The van der Waals surface area contributed by atoms with E-state index >= 15 is 0 Å². The summed E-state index contributed by atoms with van der Waals surface area (Å²) in [4.78, 5) is 18.5. The van der Waals surface area contributed by atoms with Gasteiger partial charge in [-0.1, -0.05) is 12.5 Å². The van der Waals surface area contributed by atoms with Crippen molar-refractivity contribution < 1.29 is 4.79 Å². The lowest BCUT2D eigenvalue weighted by molar-refractivity contribution is -0.126. The highest BCUT2D eigenvalue weighted by Gasteiger charge is 2.31. The first kappa shape index (κ1) is 20.8. The molecule has 3 N–H and O–H groups in total. The quantitative estimate of drug-likeness (QED) is 0.463. The monoisotopic (exact) mass is 429 g/mol. The molecule has 2 aliphatic rings. The van der Waals surface area contributed by atoms with Gasteiger partial charge in [-0.2, -0.15) is 0 Å². The number of aryl methyl sites for hydroxylation is 1. The van der Waals surface area contributed by atoms with Gasteiger partial charge in [-0.15, -0.1) is 21.5 Å². The Balaban J connectivity index is 1.39. The van der Waals surface area contributed by atoms with E-state index in [0.29, 0.717) is 12.6 Å². The van der Waals surface area contributed by atoms with Gasteiger partial charge in [-0.3, -0.25) is 4.79 Å². The number of aliphatic imine (C=N–C) groups is 1. The number of amides is 1. The maximum atomic E-state index is 12.5. The predicted molar refractivity (Wildman–Crippen MR) is 118 cm³/mol. The fraction of sp³-hybridized carbons (Fsp3) is 0.619. The molecular weight excluding hydrogens is 398 g/mol. The van der Waals surface area contributed by atoms with Gasteiger partial charge >= 0.3 is 0 Å². The Kier molecular flexibility index (Phi) is 6.66. The van der Waals surface area contributed by atoms with E-state index in [4.69, 9.17) is 4.99 Å². The second kappa shape index (κ2) is 9.59. The van der Waals surface area contributed by atoms with E-state index in [9.17, 15) is 4.79 Å². The van der Waals surface area contributed by atoms with Gasteiger partial charge in [-0.05, 0) is 50.5 Å². The molecule has 2 aromatic rings. The van der Waals surface area contributed by atoms with E-state index in [2.05, 4.69) is 43.7 Å². The van der Waals surface area contributed by atoms with E-state index < -0.39 is 0 Å². The lowest BCUT2D eigenvalue weighted by Crippen LogP contribution is -2.47. The number of guanidine groups is 1. The van der Waals surface area contributed by atoms with Crippen LogP contribution in [0.1, 0.15) is 55.1 Å². The summed E-state index contributed by atoms with van der Waals surface area (Å²) in [6.07, 6.45) is 6.19. The second-order valence-electron chi connectivity index (χ2n) is 8.31. The number of carbonyl (C=O) groups is 1. The fourth-order valence-corrected chi connectivity index (χ4v) is 4.42. The van der Waals surface area contributed by atoms with Gasteiger partial charge in [0, 0.05) is 29.9 Å². The van der Waals surface area contributed by atoms with E-state index in [1.165, 1.54) is 4.88 Å². The Hall–Kier alpha value is -2.42. The van der Waals surface area contributed by atoms with Crippen LogP contribution in [0.25, 0.3) is 0 Å². The highest BCUT2D eigenvalue weighted by Crippen LogP contribution is 2.26. The number of carbonyl (C=O) groups excluding carboxylic acids is 1. The molecule has 0 spiro atoms. The SMILES string of the molecule is Cc1nnc(CN=C(NCc2cccs2)NC2CCCC(C(=O)NC3CC3)C2)n1C. The minimum absolute atomic E-state index is 0.0942. The molecule has 0 aromatic carbocycles. The highest BCUT2D eigenvalue weighted by molar-refractivity contribution is 7.09. The van der Waals surface area contributed by atoms with Crippen LogP contribution in [0.4, 0.5) is 0 Å². The number of hydrogen-bond donors (Lipinski definition) is 3. The summed E-state index contributed by atoms with van der Waals surface area (Å²) in [6, 6.07) is 4.83. The van der Waals surface area contributed by atoms with Gasteiger partial charge in [0.15, 0.2) is 11.8 Å². The van der Waals surface area contributed by atoms with Crippen molar-refractivity contribution in [2.24, 2.45) is 18.0 Å². The van der Waals surface area contributed by atoms with E-state index in [0.717, 1.165) is 62.7 Å². The molecule has 0 aliphatic heterocycles. The lowest BCUT2D eigenvalue weighted by atomic mass is 9.85. The summed E-state index contributed by atoms with van der Waals surface area (Å²) in [6.45, 7) is 3.11. The maximum absolute atomic E-state index is 12.5. The largest absolute Gasteiger partial charge is 0.354 e. The zero-order valence-corrected chi connectivity index (χ0v) is 18.5. The molecule has 0 bridgehead atoms. The molecule has 4 rings (SSSR count). The first-order valence-electron chi connectivity index (χ1n) is 10.8. The Morgan fingerprint density at radius 1 is 1.23 bits per heavy atom. The summed E-state index contributed by atoms with van der Waals surface area (Å²) in [7, 11) is 1.95. The number of nitrogens with zero attached hydrogens (tertiary/aromatic N) is 4. The van der Waals surface area contributed by atoms with Gasteiger partial charge in [0.1, 0.15) is 12.4 Å². The first-order valence-corrected chi connectivity index (χ1v) is 11.7. The van der Waals surface area contributed by atoms with Crippen LogP contribution < -0.4 is 16.0 Å². The number of nitrogens with one attached hydrogen (secondary N) is 3. The van der Waals surface area contributed by atoms with E-state index in [1.54, 1.807) is 11.3 Å². The molecule has 0 radical (unpaired) electrons. The molecule has 2 heterocycles. The molecule has 162 valence electrons. The molecule has 2 saturated carbocycles. The number of rotatable bonds is 7. The predicted octanol–water partition coefficient (Wildman–Crippen LogP) is 2.26. The Bertz CT molecular complexity index is 872. The molecule has 30 heavy (non-hydrogen) atoms. The molecule has 9 heteroatoms. The third-order valence-electron chi connectivity index (χ3n) is 5.88. The van der Waals surface area contributed by atoms with Crippen LogP contribution in [0.15, 0.2) is 22.5 Å². The standard InChI is InChI=1S/C21H31N7OS/c1-14-26-27-19(28(14)2)13-23-21(22-12-18-7-4-10-30-18)25-17-6-3-5-15(11-17)20(29)24-16-8-9-16/h4,7,10,15-17H,3,5-6,8-9,11-13H2,1-2H3,(H,24,29)(H2,22,23,25). The van der Waals surface area contributed by atoms with E-state index in [-0.39, 0.29) is 17.9 Å². The Morgan fingerprint density at radius 3 is 2.80 bits per heavy atom. The van der Waals surface area contributed by atoms with Gasteiger partial charge in [0.2, 0.25) is 5.91 Å². The van der Waals surface area contributed by atoms with Gasteiger partial charge < -0.3 is 20.5 Å². The second-order valence-corrected chi connectivity index (χ2v) is 9.34. The van der Waals surface area contributed by atoms with Gasteiger partial charge in [-0.25, -0.2) is 4.99 Å². The number of aromatic nitrogens is 3. The molecule has 2 unspecified atom stereocenters. The molecule has 2 aliphatic carbocycles. The Labute approximate surface area is 181 Å². The smallest absolute Gasteiger partial charge is 0.223 e. The van der Waals surface area contributed by atoms with Crippen LogP contribution in [0.3, 0.4) is 0 Å². The summed E-state index contributed by atoms with van der Waals surface area (Å²) in [5, 5.41) is 20.6. The third-order valence-corrected chi connectivity index (χ3v) is 6.76. The maximum Gasteiger partial charge on any atom is 0.223 e. The van der Waals surface area contributed by atoms with Gasteiger partial charge in [0.25, 0.3) is 0 Å². The number of hydrogen-bond acceptors (Lipinski definition) is 5.